The Morgan fingerprint density at radius 2 is 1.81 bits per heavy atom. The van der Waals surface area contributed by atoms with Crippen molar-refractivity contribution >= 4 is 11.6 Å². The van der Waals surface area contributed by atoms with Crippen LogP contribution in [0.2, 0.25) is 5.15 Å². The molecule has 1 saturated heterocycles. The van der Waals surface area contributed by atoms with E-state index in [-0.39, 0.29) is 22.9 Å². The first-order valence-corrected chi connectivity index (χ1v) is 9.22. The standard InChI is InChI=1S/C20H22ClF3N2O/c1-26-9-7-19(8-10-26,15-5-3-2-4-6-15)14-27-13-17-11-16(20(22,23)24)12-18(21)25-17/h2-6,11-12H,7-10,13-14H2,1H3. The maximum atomic E-state index is 12.9. The Bertz CT molecular complexity index is 760. The van der Waals surface area contributed by atoms with E-state index < -0.39 is 11.7 Å². The third kappa shape index (κ3) is 5.00. The highest BCUT2D eigenvalue weighted by molar-refractivity contribution is 6.29. The van der Waals surface area contributed by atoms with Crippen LogP contribution in [0.5, 0.6) is 0 Å². The maximum absolute atomic E-state index is 12.9. The molecule has 1 fully saturated rings. The molecule has 1 aliphatic heterocycles. The lowest BCUT2D eigenvalue weighted by Gasteiger charge is -2.41. The topological polar surface area (TPSA) is 25.4 Å². The molecule has 3 nitrogen and oxygen atoms in total. The SMILES string of the molecule is CN1CCC(COCc2cc(C(F)(F)F)cc(Cl)n2)(c2ccccc2)CC1. The van der Waals surface area contributed by atoms with E-state index in [1.165, 1.54) is 5.56 Å². The molecule has 0 saturated carbocycles. The van der Waals surface area contributed by atoms with Gasteiger partial charge in [-0.25, -0.2) is 4.98 Å². The molecule has 1 aromatic carbocycles. The third-order valence-electron chi connectivity index (χ3n) is 5.13. The lowest BCUT2D eigenvalue weighted by molar-refractivity contribution is -0.137. The zero-order chi connectivity index (χ0) is 19.5. The van der Waals surface area contributed by atoms with Gasteiger partial charge in [0.15, 0.2) is 0 Å². The van der Waals surface area contributed by atoms with Crippen molar-refractivity contribution < 1.29 is 17.9 Å². The van der Waals surface area contributed by atoms with E-state index in [9.17, 15) is 13.2 Å². The molecule has 146 valence electrons. The monoisotopic (exact) mass is 398 g/mol. The van der Waals surface area contributed by atoms with Crippen LogP contribution < -0.4 is 0 Å². The average molecular weight is 399 g/mol. The van der Waals surface area contributed by atoms with Gasteiger partial charge in [0, 0.05) is 5.41 Å². The minimum atomic E-state index is -4.46. The summed E-state index contributed by atoms with van der Waals surface area (Å²) in [6.07, 6.45) is -2.59. The first kappa shape index (κ1) is 20.1. The summed E-state index contributed by atoms with van der Waals surface area (Å²) in [5.74, 6) is 0. The Hall–Kier alpha value is -1.63. The van der Waals surface area contributed by atoms with E-state index in [0.717, 1.165) is 38.1 Å². The van der Waals surface area contributed by atoms with Gasteiger partial charge in [0.2, 0.25) is 0 Å². The van der Waals surface area contributed by atoms with Gasteiger partial charge >= 0.3 is 6.18 Å². The summed E-state index contributed by atoms with van der Waals surface area (Å²) in [5.41, 5.74) is 0.441. The van der Waals surface area contributed by atoms with E-state index in [0.29, 0.717) is 6.61 Å². The Kier molecular flexibility index (Phi) is 6.08. The van der Waals surface area contributed by atoms with Crippen molar-refractivity contribution in [3.63, 3.8) is 0 Å². The van der Waals surface area contributed by atoms with Crippen molar-refractivity contribution in [3.05, 3.63) is 64.4 Å². The van der Waals surface area contributed by atoms with Gasteiger partial charge in [0.25, 0.3) is 0 Å². The number of hydrogen-bond acceptors (Lipinski definition) is 3. The molecule has 2 heterocycles. The highest BCUT2D eigenvalue weighted by Gasteiger charge is 2.36. The molecular formula is C20H22ClF3N2O. The number of aromatic nitrogens is 1. The smallest absolute Gasteiger partial charge is 0.374 e. The number of piperidine rings is 1. The largest absolute Gasteiger partial charge is 0.416 e. The zero-order valence-electron chi connectivity index (χ0n) is 15.1. The van der Waals surface area contributed by atoms with E-state index >= 15 is 0 Å². The minimum Gasteiger partial charge on any atom is -0.374 e. The van der Waals surface area contributed by atoms with Gasteiger partial charge in [-0.2, -0.15) is 13.2 Å². The number of hydrogen-bond donors (Lipinski definition) is 0. The van der Waals surface area contributed by atoms with Crippen molar-refractivity contribution in [2.24, 2.45) is 0 Å². The number of pyridine rings is 1. The highest BCUT2D eigenvalue weighted by Crippen LogP contribution is 2.36. The summed E-state index contributed by atoms with van der Waals surface area (Å²) >= 11 is 5.75. The summed E-state index contributed by atoms with van der Waals surface area (Å²) in [5, 5.41) is -0.180. The van der Waals surface area contributed by atoms with Crippen LogP contribution in [0.4, 0.5) is 13.2 Å². The lowest BCUT2D eigenvalue weighted by atomic mass is 9.73. The molecule has 0 radical (unpaired) electrons. The quantitative estimate of drug-likeness (QED) is 0.667. The molecule has 2 aromatic rings. The molecule has 27 heavy (non-hydrogen) atoms. The van der Waals surface area contributed by atoms with Crippen LogP contribution in [0.1, 0.15) is 29.7 Å². The van der Waals surface area contributed by atoms with Crippen LogP contribution >= 0.6 is 11.6 Å². The molecule has 1 aliphatic rings. The van der Waals surface area contributed by atoms with Crippen molar-refractivity contribution in [2.75, 3.05) is 26.7 Å². The third-order valence-corrected chi connectivity index (χ3v) is 5.33. The number of rotatable bonds is 5. The van der Waals surface area contributed by atoms with Crippen molar-refractivity contribution in [3.8, 4) is 0 Å². The fraction of sp³-hybridized carbons (Fsp3) is 0.450. The Labute approximate surface area is 162 Å². The van der Waals surface area contributed by atoms with Crippen LogP contribution in [-0.4, -0.2) is 36.6 Å². The number of benzene rings is 1. The molecule has 0 amide bonds. The molecule has 0 atom stereocenters. The summed E-state index contributed by atoms with van der Waals surface area (Å²) < 4.78 is 44.7. The number of alkyl halides is 3. The van der Waals surface area contributed by atoms with Crippen LogP contribution in [0.25, 0.3) is 0 Å². The first-order chi connectivity index (χ1) is 12.8. The fourth-order valence-electron chi connectivity index (χ4n) is 3.49. The second-order valence-corrected chi connectivity index (χ2v) is 7.50. The second kappa shape index (κ2) is 8.17. The number of likely N-dealkylation sites (tertiary alicyclic amines) is 1. The summed E-state index contributed by atoms with van der Waals surface area (Å²) in [6, 6.07) is 12.0. The molecule has 3 rings (SSSR count). The molecule has 1 aromatic heterocycles. The molecular weight excluding hydrogens is 377 g/mol. The first-order valence-electron chi connectivity index (χ1n) is 8.84. The lowest BCUT2D eigenvalue weighted by Crippen LogP contribution is -2.43. The van der Waals surface area contributed by atoms with Crippen LogP contribution in [-0.2, 0) is 22.9 Å². The Balaban J connectivity index is 1.73. The van der Waals surface area contributed by atoms with E-state index in [1.807, 2.05) is 18.2 Å². The Morgan fingerprint density at radius 3 is 2.44 bits per heavy atom. The van der Waals surface area contributed by atoms with Gasteiger partial charge in [0.05, 0.1) is 24.5 Å². The van der Waals surface area contributed by atoms with Crippen molar-refractivity contribution in [1.82, 2.24) is 9.88 Å². The number of ether oxygens (including phenoxy) is 1. The summed E-state index contributed by atoms with van der Waals surface area (Å²) in [4.78, 5) is 6.24. The van der Waals surface area contributed by atoms with Crippen LogP contribution in [0.3, 0.4) is 0 Å². The normalized spacial score (nSPS) is 17.8. The predicted molar refractivity (Wildman–Crippen MR) is 98.8 cm³/mol. The average Bonchev–Trinajstić information content (AvgIpc) is 2.63. The van der Waals surface area contributed by atoms with Crippen LogP contribution in [0.15, 0.2) is 42.5 Å². The van der Waals surface area contributed by atoms with Gasteiger partial charge in [-0.05, 0) is 50.7 Å². The molecule has 0 unspecified atom stereocenters. The summed E-state index contributed by atoms with van der Waals surface area (Å²) in [6.45, 7) is 2.33. The molecule has 0 N–H and O–H groups in total. The van der Waals surface area contributed by atoms with Gasteiger partial charge in [-0.1, -0.05) is 41.9 Å². The highest BCUT2D eigenvalue weighted by atomic mass is 35.5. The predicted octanol–water partition coefficient (Wildman–Crippen LogP) is 4.93. The van der Waals surface area contributed by atoms with Crippen molar-refractivity contribution in [2.45, 2.75) is 31.0 Å². The van der Waals surface area contributed by atoms with E-state index in [1.54, 1.807) is 0 Å². The molecule has 0 bridgehead atoms. The van der Waals surface area contributed by atoms with E-state index in [4.69, 9.17) is 16.3 Å². The van der Waals surface area contributed by atoms with Crippen molar-refractivity contribution in [1.29, 1.82) is 0 Å². The molecule has 7 heteroatoms. The molecule has 0 aliphatic carbocycles. The second-order valence-electron chi connectivity index (χ2n) is 7.11. The molecule has 0 spiro atoms. The summed E-state index contributed by atoms with van der Waals surface area (Å²) in [7, 11) is 2.09. The van der Waals surface area contributed by atoms with Gasteiger partial charge in [-0.15, -0.1) is 0 Å². The Morgan fingerprint density at radius 1 is 1.15 bits per heavy atom. The van der Waals surface area contributed by atoms with E-state index in [2.05, 4.69) is 29.1 Å². The number of halogens is 4. The zero-order valence-corrected chi connectivity index (χ0v) is 15.9. The fourth-order valence-corrected chi connectivity index (χ4v) is 3.72. The van der Waals surface area contributed by atoms with Crippen LogP contribution in [0, 0.1) is 0 Å². The minimum absolute atomic E-state index is 0.00589. The van der Waals surface area contributed by atoms with Gasteiger partial charge < -0.3 is 9.64 Å². The number of nitrogens with zero attached hydrogens (tertiary/aromatic N) is 2. The maximum Gasteiger partial charge on any atom is 0.416 e. The van der Waals surface area contributed by atoms with Gasteiger partial charge in [0.1, 0.15) is 5.15 Å². The van der Waals surface area contributed by atoms with Gasteiger partial charge in [-0.3, -0.25) is 0 Å².